The molecule has 0 aliphatic rings. The van der Waals surface area contributed by atoms with E-state index >= 15 is 0 Å². The van der Waals surface area contributed by atoms with Gasteiger partial charge in [0.05, 0.1) is 6.04 Å². The molecule has 4 rings (SSSR count). The van der Waals surface area contributed by atoms with Gasteiger partial charge in [0.15, 0.2) is 5.78 Å². The summed E-state index contributed by atoms with van der Waals surface area (Å²) < 4.78 is 5.45. The molecule has 0 saturated heterocycles. The molecule has 1 heterocycles. The summed E-state index contributed by atoms with van der Waals surface area (Å²) in [5, 5.41) is 16.5. The Bertz CT molecular complexity index is 1320. The van der Waals surface area contributed by atoms with Crippen LogP contribution < -0.4 is 5.32 Å². The van der Waals surface area contributed by atoms with Crippen molar-refractivity contribution < 1.29 is 19.2 Å². The number of carbonyl (C=O) groups excluding carboxylic acids is 1. The fourth-order valence-corrected chi connectivity index (χ4v) is 4.14. The molecule has 0 fully saturated rings. The third-order valence-electron chi connectivity index (χ3n) is 6.51. The number of carboxylic acids is 1. The lowest BCUT2D eigenvalue weighted by atomic mass is 9.91. The lowest BCUT2D eigenvalue weighted by Crippen LogP contribution is -2.18. The molecule has 190 valence electrons. The summed E-state index contributed by atoms with van der Waals surface area (Å²) in [6, 6.07) is 25.3. The molecule has 7 nitrogen and oxygen atoms in total. The van der Waals surface area contributed by atoms with Crippen molar-refractivity contribution >= 4 is 17.4 Å². The SMILES string of the molecule is CCC(C)[C@H](Nc1ccc(C(=O)CCCC(=O)O)cc1)c1ccc(-c2noc(-c3ccccc3)n2)cc1. The molecule has 0 aliphatic heterocycles. The zero-order valence-electron chi connectivity index (χ0n) is 21.1. The van der Waals surface area contributed by atoms with E-state index in [9.17, 15) is 9.59 Å². The van der Waals surface area contributed by atoms with Crippen LogP contribution in [0.2, 0.25) is 0 Å². The predicted molar refractivity (Wildman–Crippen MR) is 143 cm³/mol. The summed E-state index contributed by atoms with van der Waals surface area (Å²) in [5.41, 5.74) is 4.41. The molecule has 3 aromatic carbocycles. The van der Waals surface area contributed by atoms with Crippen LogP contribution in [0.5, 0.6) is 0 Å². The fraction of sp³-hybridized carbons (Fsp3) is 0.267. The van der Waals surface area contributed by atoms with Crippen molar-refractivity contribution in [3.05, 3.63) is 90.0 Å². The molecule has 0 bridgehead atoms. The molecule has 2 atom stereocenters. The van der Waals surface area contributed by atoms with Gasteiger partial charge < -0.3 is 14.9 Å². The van der Waals surface area contributed by atoms with Crippen LogP contribution in [0.1, 0.15) is 61.5 Å². The lowest BCUT2D eigenvalue weighted by Gasteiger charge is -2.26. The molecule has 7 heteroatoms. The summed E-state index contributed by atoms with van der Waals surface area (Å²) in [7, 11) is 0. The summed E-state index contributed by atoms with van der Waals surface area (Å²) in [5.74, 6) is 0.465. The van der Waals surface area contributed by atoms with Crippen molar-refractivity contribution in [2.75, 3.05) is 5.32 Å². The van der Waals surface area contributed by atoms with Crippen LogP contribution >= 0.6 is 0 Å². The van der Waals surface area contributed by atoms with Crippen LogP contribution in [0, 0.1) is 5.92 Å². The summed E-state index contributed by atoms with van der Waals surface area (Å²) in [6.07, 6.45) is 1.57. The van der Waals surface area contributed by atoms with Crippen molar-refractivity contribution in [3.63, 3.8) is 0 Å². The van der Waals surface area contributed by atoms with E-state index in [0.717, 1.165) is 28.8 Å². The number of nitrogens with one attached hydrogen (secondary N) is 1. The highest BCUT2D eigenvalue weighted by Gasteiger charge is 2.19. The minimum atomic E-state index is -0.884. The van der Waals surface area contributed by atoms with E-state index in [-0.39, 0.29) is 24.7 Å². The number of carbonyl (C=O) groups is 2. The maximum atomic E-state index is 12.3. The number of hydrogen-bond donors (Lipinski definition) is 2. The highest BCUT2D eigenvalue weighted by Crippen LogP contribution is 2.31. The second-order valence-electron chi connectivity index (χ2n) is 9.17. The normalized spacial score (nSPS) is 12.6. The highest BCUT2D eigenvalue weighted by molar-refractivity contribution is 5.96. The number of aliphatic carboxylic acids is 1. The highest BCUT2D eigenvalue weighted by atomic mass is 16.5. The third-order valence-corrected chi connectivity index (χ3v) is 6.51. The number of hydrogen-bond acceptors (Lipinski definition) is 6. The monoisotopic (exact) mass is 497 g/mol. The number of carboxylic acid groups (broad SMARTS) is 1. The van der Waals surface area contributed by atoms with Crippen LogP contribution in [0.15, 0.2) is 83.4 Å². The Morgan fingerprint density at radius 2 is 1.62 bits per heavy atom. The van der Waals surface area contributed by atoms with Crippen molar-refractivity contribution in [1.29, 1.82) is 0 Å². The number of ketones is 1. The van der Waals surface area contributed by atoms with Crippen LogP contribution in [0.4, 0.5) is 5.69 Å². The van der Waals surface area contributed by atoms with Crippen LogP contribution in [-0.2, 0) is 4.79 Å². The van der Waals surface area contributed by atoms with Gasteiger partial charge in [0.1, 0.15) is 0 Å². The molecule has 0 spiro atoms. The molecule has 0 amide bonds. The van der Waals surface area contributed by atoms with Gasteiger partial charge >= 0.3 is 5.97 Å². The van der Waals surface area contributed by atoms with Gasteiger partial charge in [-0.3, -0.25) is 9.59 Å². The van der Waals surface area contributed by atoms with E-state index in [1.807, 2.05) is 54.6 Å². The van der Waals surface area contributed by atoms with Gasteiger partial charge in [-0.1, -0.05) is 67.9 Å². The number of rotatable bonds is 12. The second kappa shape index (κ2) is 12.1. The van der Waals surface area contributed by atoms with E-state index in [0.29, 0.717) is 29.6 Å². The van der Waals surface area contributed by atoms with Crippen molar-refractivity contribution in [3.8, 4) is 22.8 Å². The van der Waals surface area contributed by atoms with E-state index in [2.05, 4.69) is 41.4 Å². The average molecular weight is 498 g/mol. The maximum Gasteiger partial charge on any atom is 0.303 e. The second-order valence-corrected chi connectivity index (χ2v) is 9.17. The lowest BCUT2D eigenvalue weighted by molar-refractivity contribution is -0.137. The van der Waals surface area contributed by atoms with Crippen LogP contribution in [0.25, 0.3) is 22.8 Å². The molecule has 4 aromatic rings. The van der Waals surface area contributed by atoms with E-state index < -0.39 is 5.97 Å². The Morgan fingerprint density at radius 3 is 2.27 bits per heavy atom. The minimum absolute atomic E-state index is 0.00165. The predicted octanol–water partition coefficient (Wildman–Crippen LogP) is 7.04. The Hall–Kier alpha value is -4.26. The van der Waals surface area contributed by atoms with Gasteiger partial charge in [0, 0.05) is 35.2 Å². The van der Waals surface area contributed by atoms with E-state index in [1.54, 1.807) is 12.1 Å². The number of anilines is 1. The van der Waals surface area contributed by atoms with Crippen molar-refractivity contribution in [2.45, 2.75) is 45.6 Å². The topological polar surface area (TPSA) is 105 Å². The molecule has 1 unspecified atom stereocenters. The third kappa shape index (κ3) is 6.70. The molecular formula is C30H31N3O4. The van der Waals surface area contributed by atoms with Gasteiger partial charge in [0.25, 0.3) is 5.89 Å². The molecule has 0 saturated carbocycles. The first-order valence-electron chi connectivity index (χ1n) is 12.6. The minimum Gasteiger partial charge on any atom is -0.481 e. The molecule has 0 radical (unpaired) electrons. The summed E-state index contributed by atoms with van der Waals surface area (Å²) in [4.78, 5) is 27.6. The summed E-state index contributed by atoms with van der Waals surface area (Å²) >= 11 is 0. The van der Waals surface area contributed by atoms with Gasteiger partial charge in [-0.15, -0.1) is 0 Å². The molecule has 37 heavy (non-hydrogen) atoms. The van der Waals surface area contributed by atoms with E-state index in [1.165, 1.54) is 0 Å². The summed E-state index contributed by atoms with van der Waals surface area (Å²) in [6.45, 7) is 4.37. The number of nitrogens with zero attached hydrogens (tertiary/aromatic N) is 2. The van der Waals surface area contributed by atoms with Gasteiger partial charge in [-0.05, 0) is 54.3 Å². The zero-order valence-corrected chi connectivity index (χ0v) is 21.1. The number of Topliss-reactive ketones (excluding diaryl/α,β-unsaturated/α-hetero) is 1. The van der Waals surface area contributed by atoms with Gasteiger partial charge in [-0.2, -0.15) is 4.98 Å². The quantitative estimate of drug-likeness (QED) is 0.202. The number of aromatic nitrogens is 2. The average Bonchev–Trinajstić information content (AvgIpc) is 3.42. The first kappa shape index (κ1) is 25.8. The first-order valence-corrected chi connectivity index (χ1v) is 12.6. The standard InChI is InChI=1S/C30H31N3O4/c1-3-20(2)28(31-25-18-16-21(17-19-25)26(34)10-7-11-27(35)36)22-12-14-23(15-13-22)29-32-30(37-33-29)24-8-5-4-6-9-24/h4-6,8-9,12-20,28,31H,3,7,10-11H2,1-2H3,(H,35,36)/t20?,28-/m0/s1. The van der Waals surface area contributed by atoms with Crippen molar-refractivity contribution in [2.24, 2.45) is 5.92 Å². The Morgan fingerprint density at radius 1 is 0.919 bits per heavy atom. The fourth-order valence-electron chi connectivity index (χ4n) is 4.14. The van der Waals surface area contributed by atoms with Crippen LogP contribution in [-0.4, -0.2) is 27.0 Å². The molecule has 2 N–H and O–H groups in total. The zero-order chi connectivity index (χ0) is 26.2. The van der Waals surface area contributed by atoms with Gasteiger partial charge in [-0.25, -0.2) is 0 Å². The van der Waals surface area contributed by atoms with Crippen LogP contribution in [0.3, 0.4) is 0 Å². The van der Waals surface area contributed by atoms with Crippen molar-refractivity contribution in [1.82, 2.24) is 10.1 Å². The largest absolute Gasteiger partial charge is 0.481 e. The molecule has 1 aromatic heterocycles. The maximum absolute atomic E-state index is 12.3. The first-order chi connectivity index (χ1) is 17.9. The smallest absolute Gasteiger partial charge is 0.303 e. The Kier molecular flexibility index (Phi) is 8.46. The van der Waals surface area contributed by atoms with E-state index in [4.69, 9.17) is 9.63 Å². The Balaban J connectivity index is 1.45. The molecule has 0 aliphatic carbocycles. The Labute approximate surface area is 216 Å². The van der Waals surface area contributed by atoms with Gasteiger partial charge in [0.2, 0.25) is 5.82 Å². The molecular weight excluding hydrogens is 466 g/mol. The number of benzene rings is 3.